The highest BCUT2D eigenvalue weighted by Gasteiger charge is 2.20. The van der Waals surface area contributed by atoms with Gasteiger partial charge in [-0.15, -0.1) is 0 Å². The Morgan fingerprint density at radius 2 is 1.90 bits per heavy atom. The zero-order valence-electron chi connectivity index (χ0n) is 12.9. The Morgan fingerprint density at radius 1 is 1.25 bits per heavy atom. The molecule has 1 atom stereocenters. The molecule has 20 heavy (non-hydrogen) atoms. The average molecular weight is 270 g/mol. The van der Waals surface area contributed by atoms with Gasteiger partial charge in [0.05, 0.1) is 0 Å². The summed E-state index contributed by atoms with van der Waals surface area (Å²) in [6, 6.07) is 8.20. The molecule has 0 fully saturated rings. The lowest BCUT2D eigenvalue weighted by molar-refractivity contribution is 0.211. The number of rotatable bonds is 3. The van der Waals surface area contributed by atoms with Gasteiger partial charge in [-0.2, -0.15) is 0 Å². The normalized spacial score (nSPS) is 17.4. The van der Waals surface area contributed by atoms with E-state index in [1.807, 2.05) is 24.3 Å². The van der Waals surface area contributed by atoms with Gasteiger partial charge < -0.3 is 4.74 Å². The zero-order chi connectivity index (χ0) is 15.0. The van der Waals surface area contributed by atoms with Crippen molar-refractivity contribution in [3.05, 3.63) is 66.8 Å². The summed E-state index contributed by atoms with van der Waals surface area (Å²) in [7, 11) is 0. The first-order chi connectivity index (χ1) is 9.58. The average Bonchev–Trinajstić information content (AvgIpc) is 2.43. The lowest BCUT2D eigenvalue weighted by atomic mass is 9.97. The van der Waals surface area contributed by atoms with Crippen LogP contribution in [0.4, 0.5) is 0 Å². The highest BCUT2D eigenvalue weighted by molar-refractivity contribution is 5.38. The van der Waals surface area contributed by atoms with Crippen molar-refractivity contribution in [3.63, 3.8) is 0 Å². The number of hydrogen-bond donors (Lipinski definition) is 0. The highest BCUT2D eigenvalue weighted by Crippen LogP contribution is 2.29. The summed E-state index contributed by atoms with van der Waals surface area (Å²) in [4.78, 5) is 0. The van der Waals surface area contributed by atoms with Gasteiger partial charge in [0, 0.05) is 0 Å². The van der Waals surface area contributed by atoms with Gasteiger partial charge in [-0.05, 0) is 36.0 Å². The van der Waals surface area contributed by atoms with Crippen molar-refractivity contribution in [2.45, 2.75) is 39.7 Å². The van der Waals surface area contributed by atoms with E-state index >= 15 is 0 Å². The van der Waals surface area contributed by atoms with E-state index < -0.39 is 0 Å². The summed E-state index contributed by atoms with van der Waals surface area (Å²) in [5.41, 5.74) is 2.39. The van der Waals surface area contributed by atoms with Crippen LogP contribution in [0.5, 0.6) is 5.75 Å². The van der Waals surface area contributed by atoms with Crippen molar-refractivity contribution in [1.82, 2.24) is 0 Å². The molecule has 0 amide bonds. The Balaban J connectivity index is 0.000000444. The maximum atomic E-state index is 5.95. The molecule has 1 aromatic carbocycles. The van der Waals surface area contributed by atoms with Crippen molar-refractivity contribution in [2.75, 3.05) is 0 Å². The predicted octanol–water partition coefficient (Wildman–Crippen LogP) is 5.34. The molecule has 1 heteroatoms. The van der Waals surface area contributed by atoms with Crippen LogP contribution in [0, 0.1) is 5.92 Å². The molecule has 1 aromatic rings. The van der Waals surface area contributed by atoms with E-state index in [1.165, 1.54) is 5.56 Å². The second-order valence-electron chi connectivity index (χ2n) is 5.59. The molecule has 0 aromatic heterocycles. The predicted molar refractivity (Wildman–Crippen MR) is 88.2 cm³/mol. The van der Waals surface area contributed by atoms with Crippen LogP contribution in [0.15, 0.2) is 61.2 Å². The third-order valence-electron chi connectivity index (χ3n) is 2.84. The Bertz CT molecular complexity index is 466. The molecule has 0 N–H and O–H groups in total. The molecule has 1 aliphatic heterocycles. The van der Waals surface area contributed by atoms with Crippen molar-refractivity contribution in [1.29, 1.82) is 0 Å². The molecule has 1 nitrogen and oxygen atoms in total. The minimum Gasteiger partial charge on any atom is -0.485 e. The SMILES string of the molecule is C=C/C=C(\C=C)C1CCc2ccccc2O1.CC(C)C. The second kappa shape index (κ2) is 8.42. The summed E-state index contributed by atoms with van der Waals surface area (Å²) in [6.07, 6.45) is 7.77. The lowest BCUT2D eigenvalue weighted by Gasteiger charge is -2.26. The fraction of sp³-hybridized carbons (Fsp3) is 0.368. The van der Waals surface area contributed by atoms with Gasteiger partial charge in [0.15, 0.2) is 0 Å². The van der Waals surface area contributed by atoms with Crippen LogP contribution in [0.25, 0.3) is 0 Å². The van der Waals surface area contributed by atoms with Gasteiger partial charge in [0.25, 0.3) is 0 Å². The Kier molecular flexibility index (Phi) is 6.86. The molecule has 2 rings (SSSR count). The van der Waals surface area contributed by atoms with Crippen LogP contribution in [0.3, 0.4) is 0 Å². The quantitative estimate of drug-likeness (QED) is 0.673. The Morgan fingerprint density at radius 3 is 2.50 bits per heavy atom. The third kappa shape index (κ3) is 5.08. The van der Waals surface area contributed by atoms with Gasteiger partial charge in [0.2, 0.25) is 0 Å². The number of hydrogen-bond acceptors (Lipinski definition) is 1. The third-order valence-corrected chi connectivity index (χ3v) is 2.84. The molecular weight excluding hydrogens is 244 g/mol. The molecule has 0 aliphatic carbocycles. The molecule has 0 spiro atoms. The fourth-order valence-electron chi connectivity index (χ4n) is 2.00. The number of allylic oxidation sites excluding steroid dienone is 2. The summed E-state index contributed by atoms with van der Waals surface area (Å²) in [5.74, 6) is 1.83. The van der Waals surface area contributed by atoms with Gasteiger partial charge >= 0.3 is 0 Å². The van der Waals surface area contributed by atoms with Crippen LogP contribution < -0.4 is 4.74 Å². The second-order valence-corrected chi connectivity index (χ2v) is 5.59. The van der Waals surface area contributed by atoms with Crippen LogP contribution in [0.1, 0.15) is 32.8 Å². The fourth-order valence-corrected chi connectivity index (χ4v) is 2.00. The van der Waals surface area contributed by atoms with Gasteiger partial charge in [0.1, 0.15) is 11.9 Å². The van der Waals surface area contributed by atoms with Crippen molar-refractivity contribution in [2.24, 2.45) is 5.92 Å². The number of ether oxygens (including phenoxy) is 1. The van der Waals surface area contributed by atoms with E-state index in [4.69, 9.17) is 4.74 Å². The van der Waals surface area contributed by atoms with Crippen molar-refractivity contribution in [3.8, 4) is 5.75 Å². The Hall–Kier alpha value is -1.76. The molecule has 108 valence electrons. The molecule has 1 unspecified atom stereocenters. The van der Waals surface area contributed by atoms with E-state index in [9.17, 15) is 0 Å². The highest BCUT2D eigenvalue weighted by atomic mass is 16.5. The molecule has 0 radical (unpaired) electrons. The first-order valence-electron chi connectivity index (χ1n) is 7.28. The first-order valence-corrected chi connectivity index (χ1v) is 7.28. The molecule has 0 saturated heterocycles. The van der Waals surface area contributed by atoms with E-state index in [-0.39, 0.29) is 6.10 Å². The largest absolute Gasteiger partial charge is 0.485 e. The maximum Gasteiger partial charge on any atom is 0.124 e. The smallest absolute Gasteiger partial charge is 0.124 e. The van der Waals surface area contributed by atoms with Crippen LogP contribution in [0.2, 0.25) is 0 Å². The van der Waals surface area contributed by atoms with Crippen LogP contribution >= 0.6 is 0 Å². The number of para-hydroxylation sites is 1. The van der Waals surface area contributed by atoms with E-state index in [2.05, 4.69) is 46.1 Å². The van der Waals surface area contributed by atoms with E-state index in [1.54, 1.807) is 6.08 Å². The maximum absolute atomic E-state index is 5.95. The summed E-state index contributed by atoms with van der Waals surface area (Å²) in [5, 5.41) is 0. The number of benzene rings is 1. The minimum atomic E-state index is 0.116. The van der Waals surface area contributed by atoms with Gasteiger partial charge in [-0.25, -0.2) is 0 Å². The van der Waals surface area contributed by atoms with Crippen molar-refractivity contribution >= 4 is 0 Å². The molecule has 0 bridgehead atoms. The standard InChI is InChI=1S/C15H16O.C4H10/c1-3-7-12(4-2)15-11-10-13-8-5-6-9-14(13)16-15;1-4(2)3/h3-9,15H,1-2,10-11H2;4H,1-3H3/b12-7+;. The molecule has 0 saturated carbocycles. The van der Waals surface area contributed by atoms with Gasteiger partial charge in [-0.1, -0.05) is 70.4 Å². The molecule has 1 heterocycles. The van der Waals surface area contributed by atoms with Gasteiger partial charge in [-0.3, -0.25) is 0 Å². The molecular formula is C19H26O. The van der Waals surface area contributed by atoms with Crippen LogP contribution in [-0.2, 0) is 6.42 Å². The minimum absolute atomic E-state index is 0.116. The topological polar surface area (TPSA) is 9.23 Å². The Labute approximate surface area is 123 Å². The monoisotopic (exact) mass is 270 g/mol. The number of aryl methyl sites for hydroxylation is 1. The number of fused-ring (bicyclic) bond motifs is 1. The summed E-state index contributed by atoms with van der Waals surface area (Å²) in [6.45, 7) is 14.0. The van der Waals surface area contributed by atoms with Crippen molar-refractivity contribution < 1.29 is 4.74 Å². The summed E-state index contributed by atoms with van der Waals surface area (Å²) >= 11 is 0. The van der Waals surface area contributed by atoms with E-state index in [0.29, 0.717) is 0 Å². The first kappa shape index (κ1) is 16.3. The zero-order valence-corrected chi connectivity index (χ0v) is 12.9. The van der Waals surface area contributed by atoms with Crippen LogP contribution in [-0.4, -0.2) is 6.10 Å². The van der Waals surface area contributed by atoms with E-state index in [0.717, 1.165) is 30.1 Å². The molecule has 1 aliphatic rings. The summed E-state index contributed by atoms with van der Waals surface area (Å²) < 4.78 is 5.95. The lowest BCUT2D eigenvalue weighted by Crippen LogP contribution is -2.23.